The zero-order valence-electron chi connectivity index (χ0n) is 11.6. The van der Waals surface area contributed by atoms with Crippen molar-refractivity contribution in [1.29, 1.82) is 0 Å². The van der Waals surface area contributed by atoms with Gasteiger partial charge in [-0.25, -0.2) is 4.98 Å². The Morgan fingerprint density at radius 2 is 2.20 bits per heavy atom. The van der Waals surface area contributed by atoms with E-state index in [1.807, 2.05) is 13.8 Å². The number of nitrogens with zero attached hydrogens (tertiary/aromatic N) is 1. The van der Waals surface area contributed by atoms with Crippen molar-refractivity contribution in [3.05, 3.63) is 26.6 Å². The van der Waals surface area contributed by atoms with Crippen molar-refractivity contribution in [2.45, 2.75) is 33.2 Å². The SMILES string of the molecule is Cc1sc2nc(CNCCCC(N)=O)[nH]c(=O)c2c1C. The molecule has 2 heterocycles. The molecule has 0 aliphatic rings. The number of H-pyrrole nitrogens is 1. The summed E-state index contributed by atoms with van der Waals surface area (Å²) in [6.45, 7) is 5.06. The van der Waals surface area contributed by atoms with Gasteiger partial charge in [-0.1, -0.05) is 0 Å². The molecular formula is C13H18N4O2S. The lowest BCUT2D eigenvalue weighted by Gasteiger charge is -2.03. The number of hydrogen-bond donors (Lipinski definition) is 3. The van der Waals surface area contributed by atoms with E-state index in [0.717, 1.165) is 15.3 Å². The van der Waals surface area contributed by atoms with E-state index in [0.29, 0.717) is 37.1 Å². The number of amides is 1. The Labute approximate surface area is 120 Å². The van der Waals surface area contributed by atoms with Crippen molar-refractivity contribution in [1.82, 2.24) is 15.3 Å². The molecule has 0 saturated heterocycles. The molecule has 4 N–H and O–H groups in total. The van der Waals surface area contributed by atoms with E-state index in [1.165, 1.54) is 11.3 Å². The van der Waals surface area contributed by atoms with Crippen molar-refractivity contribution in [2.75, 3.05) is 6.54 Å². The molecule has 6 nitrogen and oxygen atoms in total. The molecule has 0 radical (unpaired) electrons. The highest BCUT2D eigenvalue weighted by Gasteiger charge is 2.11. The normalized spacial score (nSPS) is 11.1. The third-order valence-corrected chi connectivity index (χ3v) is 4.26. The van der Waals surface area contributed by atoms with Crippen LogP contribution in [-0.4, -0.2) is 22.4 Å². The highest BCUT2D eigenvalue weighted by molar-refractivity contribution is 7.18. The maximum atomic E-state index is 12.0. The summed E-state index contributed by atoms with van der Waals surface area (Å²) < 4.78 is 0. The maximum Gasteiger partial charge on any atom is 0.259 e. The number of aryl methyl sites for hydroxylation is 2. The second-order valence-corrected chi connectivity index (χ2v) is 5.93. The second-order valence-electron chi connectivity index (χ2n) is 4.72. The first-order chi connectivity index (χ1) is 9.49. The van der Waals surface area contributed by atoms with Crippen molar-refractivity contribution < 1.29 is 4.79 Å². The molecular weight excluding hydrogens is 276 g/mol. The van der Waals surface area contributed by atoms with Gasteiger partial charge in [0.1, 0.15) is 10.7 Å². The van der Waals surface area contributed by atoms with Crippen molar-refractivity contribution in [3.8, 4) is 0 Å². The van der Waals surface area contributed by atoms with E-state index < -0.39 is 0 Å². The van der Waals surface area contributed by atoms with Crippen LogP contribution in [0, 0.1) is 13.8 Å². The minimum Gasteiger partial charge on any atom is -0.370 e. The first-order valence-corrected chi connectivity index (χ1v) is 7.28. The second kappa shape index (κ2) is 6.15. The molecule has 1 amide bonds. The fourth-order valence-electron chi connectivity index (χ4n) is 1.98. The molecule has 20 heavy (non-hydrogen) atoms. The molecule has 0 bridgehead atoms. The van der Waals surface area contributed by atoms with E-state index in [4.69, 9.17) is 5.73 Å². The predicted molar refractivity (Wildman–Crippen MR) is 79.8 cm³/mol. The van der Waals surface area contributed by atoms with Gasteiger partial charge in [0, 0.05) is 11.3 Å². The van der Waals surface area contributed by atoms with Gasteiger partial charge in [-0.05, 0) is 32.4 Å². The molecule has 0 aliphatic heterocycles. The number of carbonyl (C=O) groups excluding carboxylic acids is 1. The number of aromatic amines is 1. The van der Waals surface area contributed by atoms with Gasteiger partial charge < -0.3 is 16.0 Å². The number of carbonyl (C=O) groups is 1. The van der Waals surface area contributed by atoms with Gasteiger partial charge in [0.05, 0.1) is 11.9 Å². The monoisotopic (exact) mass is 294 g/mol. The van der Waals surface area contributed by atoms with Crippen LogP contribution in [-0.2, 0) is 11.3 Å². The fourth-order valence-corrected chi connectivity index (χ4v) is 3.03. The molecule has 2 aromatic rings. The van der Waals surface area contributed by atoms with Crippen LogP contribution in [0.3, 0.4) is 0 Å². The summed E-state index contributed by atoms with van der Waals surface area (Å²) in [4.78, 5) is 31.8. The Morgan fingerprint density at radius 3 is 2.90 bits per heavy atom. The van der Waals surface area contributed by atoms with Gasteiger partial charge in [0.15, 0.2) is 0 Å². The summed E-state index contributed by atoms with van der Waals surface area (Å²) in [5.41, 5.74) is 5.97. The number of nitrogens with one attached hydrogen (secondary N) is 2. The van der Waals surface area contributed by atoms with E-state index >= 15 is 0 Å². The minimum absolute atomic E-state index is 0.0919. The number of hydrogen-bond acceptors (Lipinski definition) is 5. The van der Waals surface area contributed by atoms with E-state index in [1.54, 1.807) is 0 Å². The van der Waals surface area contributed by atoms with E-state index in [-0.39, 0.29) is 11.5 Å². The lowest BCUT2D eigenvalue weighted by molar-refractivity contribution is -0.118. The topological polar surface area (TPSA) is 101 Å². The van der Waals surface area contributed by atoms with Crippen molar-refractivity contribution in [2.24, 2.45) is 5.73 Å². The molecule has 108 valence electrons. The van der Waals surface area contributed by atoms with E-state index in [9.17, 15) is 9.59 Å². The summed E-state index contributed by atoms with van der Waals surface area (Å²) in [6.07, 6.45) is 1.04. The fraction of sp³-hybridized carbons (Fsp3) is 0.462. The van der Waals surface area contributed by atoms with Gasteiger partial charge in [-0.3, -0.25) is 9.59 Å². The largest absolute Gasteiger partial charge is 0.370 e. The average Bonchev–Trinajstić information content (AvgIpc) is 2.64. The first kappa shape index (κ1) is 14.7. The Morgan fingerprint density at radius 1 is 1.45 bits per heavy atom. The van der Waals surface area contributed by atoms with Crippen LogP contribution in [0.5, 0.6) is 0 Å². The summed E-state index contributed by atoms with van der Waals surface area (Å²) in [6, 6.07) is 0. The van der Waals surface area contributed by atoms with Crippen LogP contribution in [0.1, 0.15) is 29.1 Å². The van der Waals surface area contributed by atoms with Crippen molar-refractivity contribution in [3.63, 3.8) is 0 Å². The molecule has 0 aliphatic carbocycles. The van der Waals surface area contributed by atoms with Crippen LogP contribution in [0.4, 0.5) is 0 Å². The standard InChI is InChI=1S/C13H18N4O2S/c1-7-8(2)20-13-11(7)12(19)16-10(17-13)6-15-5-3-4-9(14)18/h15H,3-6H2,1-2H3,(H2,14,18)(H,16,17,19). The van der Waals surface area contributed by atoms with Gasteiger partial charge in [-0.15, -0.1) is 11.3 Å². The molecule has 2 rings (SSSR count). The molecule has 0 aromatic carbocycles. The molecule has 7 heteroatoms. The molecule has 0 unspecified atom stereocenters. The molecule has 0 spiro atoms. The van der Waals surface area contributed by atoms with Crippen LogP contribution >= 0.6 is 11.3 Å². The predicted octanol–water partition coefficient (Wildman–Crippen LogP) is 0.957. The highest BCUT2D eigenvalue weighted by Crippen LogP contribution is 2.25. The number of nitrogens with two attached hydrogens (primary N) is 1. The molecule has 0 saturated carbocycles. The lowest BCUT2D eigenvalue weighted by atomic mass is 10.2. The number of fused-ring (bicyclic) bond motifs is 1. The van der Waals surface area contributed by atoms with Gasteiger partial charge in [0.2, 0.25) is 5.91 Å². The third-order valence-electron chi connectivity index (χ3n) is 3.16. The Hall–Kier alpha value is -1.73. The van der Waals surface area contributed by atoms with Gasteiger partial charge >= 0.3 is 0 Å². The van der Waals surface area contributed by atoms with Crippen LogP contribution in [0.15, 0.2) is 4.79 Å². The smallest absolute Gasteiger partial charge is 0.259 e. The Bertz CT molecular complexity index is 689. The van der Waals surface area contributed by atoms with Crippen LogP contribution in [0.25, 0.3) is 10.2 Å². The number of thiophene rings is 1. The van der Waals surface area contributed by atoms with Crippen molar-refractivity contribution >= 4 is 27.5 Å². The minimum atomic E-state index is -0.302. The number of aromatic nitrogens is 2. The summed E-state index contributed by atoms with van der Waals surface area (Å²) >= 11 is 1.53. The molecule has 0 fully saturated rings. The zero-order chi connectivity index (χ0) is 14.7. The van der Waals surface area contributed by atoms with Gasteiger partial charge in [-0.2, -0.15) is 0 Å². The summed E-state index contributed by atoms with van der Waals surface area (Å²) in [7, 11) is 0. The Kier molecular flexibility index (Phi) is 4.51. The Balaban J connectivity index is 2.05. The first-order valence-electron chi connectivity index (χ1n) is 6.47. The zero-order valence-corrected chi connectivity index (χ0v) is 12.4. The average molecular weight is 294 g/mol. The quantitative estimate of drug-likeness (QED) is 0.691. The highest BCUT2D eigenvalue weighted by atomic mass is 32.1. The van der Waals surface area contributed by atoms with E-state index in [2.05, 4.69) is 15.3 Å². The molecule has 0 atom stereocenters. The number of primary amides is 1. The summed E-state index contributed by atoms with van der Waals surface area (Å²) in [5, 5.41) is 3.82. The number of rotatable bonds is 6. The third kappa shape index (κ3) is 3.23. The lowest BCUT2D eigenvalue weighted by Crippen LogP contribution is -2.21. The summed E-state index contributed by atoms with van der Waals surface area (Å²) in [5.74, 6) is 0.312. The van der Waals surface area contributed by atoms with Crippen LogP contribution < -0.4 is 16.6 Å². The van der Waals surface area contributed by atoms with Crippen LogP contribution in [0.2, 0.25) is 0 Å². The van der Waals surface area contributed by atoms with Gasteiger partial charge in [0.25, 0.3) is 5.56 Å². The molecule has 2 aromatic heterocycles. The maximum absolute atomic E-state index is 12.0.